The SMILES string of the molecule is Fc1ccccc1-n1c(-c2cccs2)n[nH]c1=S. The Morgan fingerprint density at radius 1 is 1.22 bits per heavy atom. The summed E-state index contributed by atoms with van der Waals surface area (Å²) in [5.41, 5.74) is 0.402. The number of H-pyrrole nitrogens is 1. The summed E-state index contributed by atoms with van der Waals surface area (Å²) in [4.78, 5) is 0.936. The van der Waals surface area contributed by atoms with Gasteiger partial charge in [-0.3, -0.25) is 9.67 Å². The Morgan fingerprint density at radius 2 is 2.06 bits per heavy atom. The zero-order valence-corrected chi connectivity index (χ0v) is 10.8. The third-order valence-corrected chi connectivity index (χ3v) is 3.65. The number of hydrogen-bond donors (Lipinski definition) is 1. The van der Waals surface area contributed by atoms with Crippen molar-refractivity contribution in [1.29, 1.82) is 0 Å². The van der Waals surface area contributed by atoms with E-state index in [2.05, 4.69) is 10.2 Å². The molecule has 0 radical (unpaired) electrons. The highest BCUT2D eigenvalue weighted by Gasteiger charge is 2.13. The smallest absolute Gasteiger partial charge is 0.200 e. The van der Waals surface area contributed by atoms with Crippen molar-refractivity contribution < 1.29 is 4.39 Å². The molecule has 90 valence electrons. The molecule has 0 aliphatic heterocycles. The number of halogens is 1. The fourth-order valence-electron chi connectivity index (χ4n) is 1.72. The summed E-state index contributed by atoms with van der Waals surface area (Å²) in [6, 6.07) is 10.3. The molecule has 0 bridgehead atoms. The minimum atomic E-state index is -0.326. The van der Waals surface area contributed by atoms with Gasteiger partial charge in [-0.15, -0.1) is 11.3 Å². The first kappa shape index (κ1) is 11.3. The minimum absolute atomic E-state index is 0.326. The molecule has 1 N–H and O–H groups in total. The van der Waals surface area contributed by atoms with E-state index in [9.17, 15) is 4.39 Å². The van der Waals surface area contributed by atoms with Crippen LogP contribution in [-0.2, 0) is 0 Å². The Balaban J connectivity index is 2.28. The number of hydrogen-bond acceptors (Lipinski definition) is 3. The third kappa shape index (κ3) is 1.79. The highest BCUT2D eigenvalue weighted by Crippen LogP contribution is 2.26. The fourth-order valence-corrected chi connectivity index (χ4v) is 2.66. The van der Waals surface area contributed by atoms with E-state index < -0.39 is 0 Å². The van der Waals surface area contributed by atoms with Gasteiger partial charge in [0.1, 0.15) is 5.82 Å². The van der Waals surface area contributed by atoms with Crippen LogP contribution >= 0.6 is 23.6 Å². The van der Waals surface area contributed by atoms with Crippen molar-refractivity contribution >= 4 is 23.6 Å². The third-order valence-electron chi connectivity index (χ3n) is 2.51. The summed E-state index contributed by atoms with van der Waals surface area (Å²) in [6.07, 6.45) is 0. The predicted octanol–water partition coefficient (Wildman–Crippen LogP) is 3.80. The van der Waals surface area contributed by atoms with Crippen LogP contribution in [0, 0.1) is 10.6 Å². The van der Waals surface area contributed by atoms with Crippen LogP contribution in [0.2, 0.25) is 0 Å². The fraction of sp³-hybridized carbons (Fsp3) is 0. The molecule has 2 aromatic heterocycles. The summed E-state index contributed by atoms with van der Waals surface area (Å²) < 4.78 is 15.8. The second kappa shape index (κ2) is 4.47. The van der Waals surface area contributed by atoms with Gasteiger partial charge in [-0.2, -0.15) is 5.10 Å². The highest BCUT2D eigenvalue weighted by molar-refractivity contribution is 7.71. The van der Waals surface area contributed by atoms with E-state index in [-0.39, 0.29) is 5.82 Å². The maximum absolute atomic E-state index is 13.8. The van der Waals surface area contributed by atoms with Gasteiger partial charge in [0, 0.05) is 0 Å². The number of para-hydroxylation sites is 1. The molecule has 0 spiro atoms. The van der Waals surface area contributed by atoms with Gasteiger partial charge in [-0.1, -0.05) is 18.2 Å². The maximum atomic E-state index is 13.8. The summed E-state index contributed by atoms with van der Waals surface area (Å²) >= 11 is 6.70. The summed E-state index contributed by atoms with van der Waals surface area (Å²) in [5.74, 6) is 0.299. The van der Waals surface area contributed by atoms with Crippen molar-refractivity contribution in [1.82, 2.24) is 14.8 Å². The van der Waals surface area contributed by atoms with Crippen molar-refractivity contribution in [2.75, 3.05) is 0 Å². The molecule has 3 nitrogen and oxygen atoms in total. The summed E-state index contributed by atoms with van der Waals surface area (Å²) in [7, 11) is 0. The van der Waals surface area contributed by atoms with Crippen molar-refractivity contribution in [3.05, 3.63) is 52.4 Å². The van der Waals surface area contributed by atoms with Crippen LogP contribution in [0.4, 0.5) is 4.39 Å². The van der Waals surface area contributed by atoms with Crippen LogP contribution in [0.1, 0.15) is 0 Å². The van der Waals surface area contributed by atoms with E-state index in [1.165, 1.54) is 17.4 Å². The normalized spacial score (nSPS) is 10.7. The molecule has 0 saturated carbocycles. The van der Waals surface area contributed by atoms with Crippen molar-refractivity contribution in [2.24, 2.45) is 0 Å². The minimum Gasteiger partial charge on any atom is -0.264 e. The number of benzene rings is 1. The molecule has 18 heavy (non-hydrogen) atoms. The molecule has 0 aliphatic rings. The van der Waals surface area contributed by atoms with Crippen LogP contribution < -0.4 is 0 Å². The number of aromatic amines is 1. The average Bonchev–Trinajstić information content (AvgIpc) is 2.99. The molecule has 2 heterocycles. The van der Waals surface area contributed by atoms with Crippen LogP contribution in [0.5, 0.6) is 0 Å². The second-order valence-corrected chi connectivity index (χ2v) is 4.95. The number of nitrogens with one attached hydrogen (secondary N) is 1. The molecule has 3 aromatic rings. The average molecular weight is 277 g/mol. The van der Waals surface area contributed by atoms with Crippen molar-refractivity contribution in [3.8, 4) is 16.4 Å². The van der Waals surface area contributed by atoms with Crippen LogP contribution in [0.15, 0.2) is 41.8 Å². The van der Waals surface area contributed by atoms with Gasteiger partial charge in [-0.05, 0) is 35.8 Å². The van der Waals surface area contributed by atoms with Gasteiger partial charge in [0.2, 0.25) is 0 Å². The topological polar surface area (TPSA) is 33.6 Å². The second-order valence-electron chi connectivity index (χ2n) is 3.62. The van der Waals surface area contributed by atoms with E-state index in [1.807, 2.05) is 17.5 Å². The van der Waals surface area contributed by atoms with Crippen LogP contribution in [0.3, 0.4) is 0 Å². The Hall–Kier alpha value is -1.79. The Bertz CT molecular complexity index is 728. The first-order chi connectivity index (χ1) is 8.77. The molecule has 0 saturated heterocycles. The molecule has 0 amide bonds. The molecule has 0 fully saturated rings. The maximum Gasteiger partial charge on any atom is 0.200 e. The summed E-state index contributed by atoms with van der Waals surface area (Å²) in [6.45, 7) is 0. The Labute approximate surface area is 112 Å². The molecule has 0 unspecified atom stereocenters. The van der Waals surface area contributed by atoms with Gasteiger partial charge < -0.3 is 0 Å². The van der Waals surface area contributed by atoms with Gasteiger partial charge in [0.15, 0.2) is 10.6 Å². The van der Waals surface area contributed by atoms with Gasteiger partial charge >= 0.3 is 0 Å². The molecule has 1 aromatic carbocycles. The van der Waals surface area contributed by atoms with E-state index >= 15 is 0 Å². The molecular weight excluding hydrogens is 269 g/mol. The lowest BCUT2D eigenvalue weighted by Gasteiger charge is -2.06. The number of aromatic nitrogens is 3. The standard InChI is InChI=1S/C12H8FN3S2/c13-8-4-1-2-5-9(8)16-11(14-15-12(16)17)10-6-3-7-18-10/h1-7H,(H,15,17). The zero-order valence-electron chi connectivity index (χ0n) is 9.13. The van der Waals surface area contributed by atoms with Gasteiger partial charge in [-0.25, -0.2) is 4.39 Å². The molecule has 3 rings (SSSR count). The first-order valence-corrected chi connectivity index (χ1v) is 6.52. The quantitative estimate of drug-likeness (QED) is 0.723. The van der Waals surface area contributed by atoms with Gasteiger partial charge in [0.05, 0.1) is 10.6 Å². The van der Waals surface area contributed by atoms with E-state index in [1.54, 1.807) is 22.8 Å². The predicted molar refractivity (Wildman–Crippen MR) is 72.0 cm³/mol. The van der Waals surface area contributed by atoms with Crippen molar-refractivity contribution in [2.45, 2.75) is 0 Å². The molecular formula is C12H8FN3S2. The summed E-state index contributed by atoms with van der Waals surface area (Å²) in [5, 5.41) is 8.82. The zero-order chi connectivity index (χ0) is 12.5. The number of thiophene rings is 1. The van der Waals surface area contributed by atoms with E-state index in [4.69, 9.17) is 12.2 Å². The molecule has 0 atom stereocenters. The largest absolute Gasteiger partial charge is 0.264 e. The van der Waals surface area contributed by atoms with E-state index in [0.29, 0.717) is 16.3 Å². The highest BCUT2D eigenvalue weighted by atomic mass is 32.1. The molecule has 6 heteroatoms. The number of nitrogens with zero attached hydrogens (tertiary/aromatic N) is 2. The van der Waals surface area contributed by atoms with Gasteiger partial charge in [0.25, 0.3) is 0 Å². The monoisotopic (exact) mass is 277 g/mol. The lowest BCUT2D eigenvalue weighted by Crippen LogP contribution is -1.99. The van der Waals surface area contributed by atoms with E-state index in [0.717, 1.165) is 4.88 Å². The molecule has 0 aliphatic carbocycles. The Kier molecular flexibility index (Phi) is 2.81. The lowest BCUT2D eigenvalue weighted by molar-refractivity contribution is 0.618. The Morgan fingerprint density at radius 3 is 2.78 bits per heavy atom. The number of rotatable bonds is 2. The van der Waals surface area contributed by atoms with Crippen molar-refractivity contribution in [3.63, 3.8) is 0 Å². The first-order valence-electron chi connectivity index (χ1n) is 5.23. The lowest BCUT2D eigenvalue weighted by atomic mass is 10.3. The van der Waals surface area contributed by atoms with Crippen LogP contribution in [-0.4, -0.2) is 14.8 Å². The van der Waals surface area contributed by atoms with Crippen LogP contribution in [0.25, 0.3) is 16.4 Å².